The molecule has 6 nitrogen and oxygen atoms in total. The van der Waals surface area contributed by atoms with Crippen LogP contribution in [0.5, 0.6) is 0 Å². The average molecular weight is 438 g/mol. The molecule has 1 aliphatic rings. The zero-order valence-corrected chi connectivity index (χ0v) is 18.2. The average Bonchev–Trinajstić information content (AvgIpc) is 3.34. The normalized spacial score (nSPS) is 16.0. The van der Waals surface area contributed by atoms with Crippen LogP contribution in [0.25, 0.3) is 10.2 Å². The van der Waals surface area contributed by atoms with Gasteiger partial charge in [0.2, 0.25) is 0 Å². The van der Waals surface area contributed by atoms with Gasteiger partial charge in [0.05, 0.1) is 24.5 Å². The van der Waals surface area contributed by atoms with E-state index >= 15 is 0 Å². The molecular weight excluding hydrogens is 413 g/mol. The number of thiophene rings is 1. The molecule has 0 fully saturated rings. The Balaban J connectivity index is 1.31. The number of nitrogens with one attached hydrogen (secondary N) is 1. The van der Waals surface area contributed by atoms with Crippen LogP contribution in [-0.2, 0) is 32.9 Å². The van der Waals surface area contributed by atoms with Crippen LogP contribution in [0.4, 0.5) is 4.39 Å². The number of rotatable bonds is 6. The van der Waals surface area contributed by atoms with Crippen molar-refractivity contribution in [3.63, 3.8) is 0 Å². The Kier molecular flexibility index (Phi) is 5.41. The summed E-state index contributed by atoms with van der Waals surface area (Å²) < 4.78 is 17.2. The molecule has 0 saturated carbocycles. The Morgan fingerprint density at radius 2 is 2.19 bits per heavy atom. The number of benzene rings is 1. The van der Waals surface area contributed by atoms with Gasteiger partial charge in [-0.3, -0.25) is 14.0 Å². The van der Waals surface area contributed by atoms with Crippen molar-refractivity contribution in [1.82, 2.24) is 24.6 Å². The van der Waals surface area contributed by atoms with Crippen molar-refractivity contribution in [2.75, 3.05) is 6.54 Å². The van der Waals surface area contributed by atoms with Crippen LogP contribution in [0.15, 0.2) is 47.8 Å². The summed E-state index contributed by atoms with van der Waals surface area (Å²) in [6.07, 6.45) is 8.71. The molecule has 0 aliphatic heterocycles. The minimum absolute atomic E-state index is 0.0253. The molecule has 0 amide bonds. The van der Waals surface area contributed by atoms with Crippen molar-refractivity contribution in [2.24, 2.45) is 7.05 Å². The molecule has 1 atom stereocenters. The first-order valence-corrected chi connectivity index (χ1v) is 11.3. The van der Waals surface area contributed by atoms with Crippen molar-refractivity contribution in [3.8, 4) is 0 Å². The lowest BCUT2D eigenvalue weighted by atomic mass is 9.93. The lowest BCUT2D eigenvalue weighted by Crippen LogP contribution is -2.35. The van der Waals surface area contributed by atoms with Gasteiger partial charge < -0.3 is 5.32 Å². The number of nitrogens with zero attached hydrogens (tertiary/aromatic N) is 4. The van der Waals surface area contributed by atoms with E-state index in [-0.39, 0.29) is 11.4 Å². The number of halogens is 1. The number of hydrogen-bond acceptors (Lipinski definition) is 5. The maximum atomic E-state index is 13.8. The Morgan fingerprint density at radius 3 is 3.00 bits per heavy atom. The third-order valence-corrected chi connectivity index (χ3v) is 7.09. The summed E-state index contributed by atoms with van der Waals surface area (Å²) in [5.74, 6) is -0.145. The Labute approximate surface area is 183 Å². The summed E-state index contributed by atoms with van der Waals surface area (Å²) in [5, 5.41) is 8.52. The van der Waals surface area contributed by atoms with Gasteiger partial charge >= 0.3 is 0 Å². The molecule has 1 aliphatic carbocycles. The fourth-order valence-electron chi connectivity index (χ4n) is 4.35. The maximum Gasteiger partial charge on any atom is 0.262 e. The van der Waals surface area contributed by atoms with Gasteiger partial charge in [0.15, 0.2) is 0 Å². The summed E-state index contributed by atoms with van der Waals surface area (Å²) in [7, 11) is 1.86. The van der Waals surface area contributed by atoms with Crippen LogP contribution in [0.3, 0.4) is 0 Å². The summed E-state index contributed by atoms with van der Waals surface area (Å²) in [6, 6.07) is 7.27. The summed E-state index contributed by atoms with van der Waals surface area (Å²) in [6.45, 7) is 1.21. The third kappa shape index (κ3) is 4.05. The molecule has 3 aromatic heterocycles. The van der Waals surface area contributed by atoms with Crippen molar-refractivity contribution in [2.45, 2.75) is 38.3 Å². The summed E-state index contributed by atoms with van der Waals surface area (Å²) in [5.41, 5.74) is 2.91. The first kappa shape index (κ1) is 20.1. The second-order valence-electron chi connectivity index (χ2n) is 8.12. The highest BCUT2D eigenvalue weighted by Gasteiger charge is 2.25. The number of aryl methyl sites for hydroxylation is 2. The van der Waals surface area contributed by atoms with Gasteiger partial charge in [-0.05, 0) is 49.4 Å². The fourth-order valence-corrected chi connectivity index (χ4v) is 5.61. The molecule has 4 aromatic rings. The number of hydrogen-bond donors (Lipinski definition) is 1. The van der Waals surface area contributed by atoms with E-state index in [1.54, 1.807) is 39.2 Å². The van der Waals surface area contributed by atoms with E-state index in [0.29, 0.717) is 19.0 Å². The minimum atomic E-state index is -0.145. The molecule has 0 bridgehead atoms. The van der Waals surface area contributed by atoms with E-state index < -0.39 is 0 Å². The monoisotopic (exact) mass is 437 g/mol. The highest BCUT2D eigenvalue weighted by atomic mass is 32.1. The standard InChI is InChI=1S/C23H24FN5OS/c1-28-12-15(11-27-28)13-29-14-26-22-21(23(29)30)18-7-6-17(10-20(18)31-22)25-9-8-16-4-2-3-5-19(16)24/h2-5,11-12,14,17,25H,6-10,13H2,1H3. The minimum Gasteiger partial charge on any atom is -0.313 e. The topological polar surface area (TPSA) is 64.7 Å². The van der Waals surface area contributed by atoms with Crippen molar-refractivity contribution in [1.29, 1.82) is 0 Å². The molecule has 8 heteroatoms. The molecular formula is C23H24FN5OS. The first-order chi connectivity index (χ1) is 15.1. The molecule has 1 unspecified atom stereocenters. The lowest BCUT2D eigenvalue weighted by Gasteiger charge is -2.23. The second kappa shape index (κ2) is 8.36. The van der Waals surface area contributed by atoms with E-state index in [1.165, 1.54) is 10.9 Å². The largest absolute Gasteiger partial charge is 0.313 e. The molecule has 1 N–H and O–H groups in total. The molecule has 31 heavy (non-hydrogen) atoms. The van der Waals surface area contributed by atoms with Crippen LogP contribution >= 0.6 is 11.3 Å². The number of aromatic nitrogens is 4. The van der Waals surface area contributed by atoms with Crippen LogP contribution < -0.4 is 10.9 Å². The maximum absolute atomic E-state index is 13.8. The van der Waals surface area contributed by atoms with Gasteiger partial charge in [0, 0.05) is 29.7 Å². The van der Waals surface area contributed by atoms with Gasteiger partial charge in [0.25, 0.3) is 5.56 Å². The van der Waals surface area contributed by atoms with Gasteiger partial charge in [-0.1, -0.05) is 18.2 Å². The van der Waals surface area contributed by atoms with E-state index in [0.717, 1.165) is 52.7 Å². The zero-order valence-electron chi connectivity index (χ0n) is 17.3. The van der Waals surface area contributed by atoms with Gasteiger partial charge in [-0.15, -0.1) is 11.3 Å². The highest BCUT2D eigenvalue weighted by Crippen LogP contribution is 2.33. The SMILES string of the molecule is Cn1cc(Cn2cnc3sc4c(c3c2=O)CCC(NCCc2ccccc2F)C4)cn1. The third-order valence-electron chi connectivity index (χ3n) is 5.93. The first-order valence-electron chi connectivity index (χ1n) is 10.5. The quantitative estimate of drug-likeness (QED) is 0.504. The molecule has 0 spiro atoms. The van der Waals surface area contributed by atoms with E-state index in [2.05, 4.69) is 15.4 Å². The molecule has 0 saturated heterocycles. The lowest BCUT2D eigenvalue weighted by molar-refractivity contribution is 0.464. The Bertz CT molecular complexity index is 1290. The summed E-state index contributed by atoms with van der Waals surface area (Å²) in [4.78, 5) is 19.8. The van der Waals surface area contributed by atoms with Crippen molar-refractivity contribution >= 4 is 21.6 Å². The second-order valence-corrected chi connectivity index (χ2v) is 9.20. The Hall–Kier alpha value is -2.84. The van der Waals surface area contributed by atoms with E-state index in [1.807, 2.05) is 25.4 Å². The smallest absolute Gasteiger partial charge is 0.262 e. The predicted molar refractivity (Wildman–Crippen MR) is 120 cm³/mol. The van der Waals surface area contributed by atoms with Crippen molar-refractivity contribution < 1.29 is 4.39 Å². The molecule has 160 valence electrons. The number of fused-ring (bicyclic) bond motifs is 3. The highest BCUT2D eigenvalue weighted by molar-refractivity contribution is 7.18. The molecule has 0 radical (unpaired) electrons. The van der Waals surface area contributed by atoms with Gasteiger partial charge in [-0.25, -0.2) is 9.37 Å². The van der Waals surface area contributed by atoms with E-state index in [4.69, 9.17) is 0 Å². The molecule has 3 heterocycles. The van der Waals surface area contributed by atoms with Crippen LogP contribution in [0.1, 0.15) is 28.0 Å². The van der Waals surface area contributed by atoms with Gasteiger partial charge in [-0.2, -0.15) is 5.10 Å². The molecule has 5 rings (SSSR count). The van der Waals surface area contributed by atoms with Crippen LogP contribution in [0, 0.1) is 5.82 Å². The van der Waals surface area contributed by atoms with E-state index in [9.17, 15) is 9.18 Å². The fraction of sp³-hybridized carbons (Fsp3) is 0.348. The van der Waals surface area contributed by atoms with Crippen molar-refractivity contribution in [3.05, 3.63) is 80.7 Å². The Morgan fingerprint density at radius 1 is 1.32 bits per heavy atom. The van der Waals surface area contributed by atoms with Crippen LogP contribution in [0.2, 0.25) is 0 Å². The van der Waals surface area contributed by atoms with Gasteiger partial charge in [0.1, 0.15) is 10.6 Å². The summed E-state index contributed by atoms with van der Waals surface area (Å²) >= 11 is 1.63. The molecule has 1 aromatic carbocycles. The predicted octanol–water partition coefficient (Wildman–Crippen LogP) is 3.07. The zero-order chi connectivity index (χ0) is 21.4. The van der Waals surface area contributed by atoms with Crippen LogP contribution in [-0.4, -0.2) is 31.9 Å².